The number of carbonyl (C=O) groups excluding carboxylic acids is 2. The topological polar surface area (TPSA) is 129 Å². The number of nitrogens with zero attached hydrogens (tertiary/aromatic N) is 1. The predicted molar refractivity (Wildman–Crippen MR) is 93.7 cm³/mol. The Labute approximate surface area is 153 Å². The van der Waals surface area contributed by atoms with Crippen molar-refractivity contribution < 1.29 is 23.8 Å². The molecule has 2 rings (SSSR count). The van der Waals surface area contributed by atoms with Crippen LogP contribution in [0.2, 0.25) is 0 Å². The van der Waals surface area contributed by atoms with Crippen LogP contribution in [0, 0.1) is 0 Å². The minimum absolute atomic E-state index is 0.204. The number of hydrogen-bond acceptors (Lipinski definition) is 7. The molecule has 0 fully saturated rings. The molecule has 0 aliphatic carbocycles. The summed E-state index contributed by atoms with van der Waals surface area (Å²) >= 11 is 0. The molecule has 2 N–H and O–H groups in total. The van der Waals surface area contributed by atoms with Crippen LogP contribution in [0.4, 0.5) is 0 Å². The molecule has 1 amide bonds. The molecule has 10 nitrogen and oxygen atoms in total. The first-order valence-corrected chi connectivity index (χ1v) is 7.86. The number of esters is 1. The lowest BCUT2D eigenvalue weighted by Crippen LogP contribution is -2.33. The fourth-order valence-corrected chi connectivity index (χ4v) is 2.14. The van der Waals surface area contributed by atoms with Crippen molar-refractivity contribution in [3.05, 3.63) is 56.9 Å². The highest BCUT2D eigenvalue weighted by Gasteiger charge is 2.10. The Morgan fingerprint density at radius 3 is 2.52 bits per heavy atom. The number of rotatable bonds is 8. The van der Waals surface area contributed by atoms with Crippen LogP contribution in [-0.2, 0) is 27.4 Å². The molecule has 144 valence electrons. The SMILES string of the molecule is COc1ccc(CNC(=O)COC(=O)Cn2ccc(=O)[nH]c2=O)cc1OC. The summed E-state index contributed by atoms with van der Waals surface area (Å²) in [5, 5.41) is 2.60. The lowest BCUT2D eigenvalue weighted by molar-refractivity contribution is -0.149. The summed E-state index contributed by atoms with van der Waals surface area (Å²) in [7, 11) is 3.03. The van der Waals surface area contributed by atoms with Gasteiger partial charge in [0.05, 0.1) is 14.2 Å². The highest BCUT2D eigenvalue weighted by Crippen LogP contribution is 2.27. The van der Waals surface area contributed by atoms with Crippen LogP contribution in [0.25, 0.3) is 0 Å². The summed E-state index contributed by atoms with van der Waals surface area (Å²) < 4.78 is 16.1. The van der Waals surface area contributed by atoms with Crippen molar-refractivity contribution in [2.24, 2.45) is 0 Å². The Kier molecular flexibility index (Phi) is 6.75. The first kappa shape index (κ1) is 19.8. The molecule has 0 bridgehead atoms. The van der Waals surface area contributed by atoms with Crippen molar-refractivity contribution in [2.75, 3.05) is 20.8 Å². The molecular weight excluding hydrogens is 358 g/mol. The first-order valence-electron chi connectivity index (χ1n) is 7.86. The molecule has 0 saturated carbocycles. The summed E-state index contributed by atoms with van der Waals surface area (Å²) in [6, 6.07) is 6.29. The van der Waals surface area contributed by atoms with Crippen LogP contribution < -0.4 is 26.0 Å². The highest BCUT2D eigenvalue weighted by atomic mass is 16.5. The van der Waals surface area contributed by atoms with Gasteiger partial charge in [0.1, 0.15) is 6.54 Å². The molecule has 1 aromatic carbocycles. The van der Waals surface area contributed by atoms with E-state index in [4.69, 9.17) is 14.2 Å². The quantitative estimate of drug-likeness (QED) is 0.589. The van der Waals surface area contributed by atoms with Gasteiger partial charge in [0.2, 0.25) is 0 Å². The van der Waals surface area contributed by atoms with E-state index >= 15 is 0 Å². The van der Waals surface area contributed by atoms with Crippen LogP contribution in [0.15, 0.2) is 40.1 Å². The normalized spacial score (nSPS) is 10.1. The van der Waals surface area contributed by atoms with Gasteiger partial charge in [-0.25, -0.2) is 4.79 Å². The van der Waals surface area contributed by atoms with Gasteiger partial charge in [-0.3, -0.25) is 23.9 Å². The molecule has 1 heterocycles. The summed E-state index contributed by atoms with van der Waals surface area (Å²) in [6.07, 6.45) is 1.17. The zero-order valence-corrected chi connectivity index (χ0v) is 14.8. The molecule has 10 heteroatoms. The number of carbonyl (C=O) groups is 2. The number of H-pyrrole nitrogens is 1. The lowest BCUT2D eigenvalue weighted by Gasteiger charge is -2.10. The van der Waals surface area contributed by atoms with Crippen molar-refractivity contribution in [3.63, 3.8) is 0 Å². The number of benzene rings is 1. The van der Waals surface area contributed by atoms with E-state index in [0.29, 0.717) is 11.5 Å². The second-order valence-corrected chi connectivity index (χ2v) is 5.36. The number of aromatic nitrogens is 2. The van der Waals surface area contributed by atoms with Crippen molar-refractivity contribution >= 4 is 11.9 Å². The van der Waals surface area contributed by atoms with Gasteiger partial charge in [-0.15, -0.1) is 0 Å². The van der Waals surface area contributed by atoms with Crippen LogP contribution in [0.1, 0.15) is 5.56 Å². The zero-order chi connectivity index (χ0) is 19.8. The number of amides is 1. The molecule has 27 heavy (non-hydrogen) atoms. The molecule has 0 radical (unpaired) electrons. The van der Waals surface area contributed by atoms with Crippen LogP contribution in [0.5, 0.6) is 11.5 Å². The third-order valence-electron chi connectivity index (χ3n) is 3.50. The minimum atomic E-state index is -0.787. The first-order chi connectivity index (χ1) is 12.9. The Hall–Kier alpha value is -3.56. The number of aromatic amines is 1. The fourth-order valence-electron chi connectivity index (χ4n) is 2.14. The number of ether oxygens (including phenoxy) is 3. The maximum absolute atomic E-state index is 11.8. The van der Waals surface area contributed by atoms with Gasteiger partial charge >= 0.3 is 11.7 Å². The predicted octanol–water partition coefficient (Wildman–Crippen LogP) is -0.587. The van der Waals surface area contributed by atoms with E-state index in [9.17, 15) is 19.2 Å². The van der Waals surface area contributed by atoms with E-state index in [2.05, 4.69) is 5.32 Å². The summed E-state index contributed by atoms with van der Waals surface area (Å²) in [5.41, 5.74) is -0.538. The molecule has 0 aliphatic heterocycles. The van der Waals surface area contributed by atoms with Crippen molar-refractivity contribution in [3.8, 4) is 11.5 Å². The number of methoxy groups -OCH3 is 2. The minimum Gasteiger partial charge on any atom is -0.493 e. The van der Waals surface area contributed by atoms with Gasteiger partial charge in [0, 0.05) is 18.8 Å². The Balaban J connectivity index is 1.81. The van der Waals surface area contributed by atoms with Gasteiger partial charge in [0.15, 0.2) is 18.1 Å². The third kappa shape index (κ3) is 5.73. The van der Waals surface area contributed by atoms with E-state index in [-0.39, 0.29) is 6.54 Å². The van der Waals surface area contributed by atoms with Gasteiger partial charge in [-0.05, 0) is 17.7 Å². The van der Waals surface area contributed by atoms with Gasteiger partial charge in [0.25, 0.3) is 11.5 Å². The van der Waals surface area contributed by atoms with E-state index in [1.54, 1.807) is 18.2 Å². The summed E-state index contributed by atoms with van der Waals surface area (Å²) in [4.78, 5) is 47.9. The van der Waals surface area contributed by atoms with E-state index in [0.717, 1.165) is 16.2 Å². The lowest BCUT2D eigenvalue weighted by atomic mass is 10.2. The van der Waals surface area contributed by atoms with Gasteiger partial charge in [-0.1, -0.05) is 6.07 Å². The average Bonchev–Trinajstić information content (AvgIpc) is 2.66. The molecule has 0 saturated heterocycles. The molecule has 1 aromatic heterocycles. The van der Waals surface area contributed by atoms with Gasteiger partial charge < -0.3 is 19.5 Å². The molecule has 0 aliphatic rings. The largest absolute Gasteiger partial charge is 0.493 e. The summed E-state index contributed by atoms with van der Waals surface area (Å²) in [5.74, 6) is -0.196. The maximum Gasteiger partial charge on any atom is 0.328 e. The zero-order valence-electron chi connectivity index (χ0n) is 14.8. The smallest absolute Gasteiger partial charge is 0.328 e. The second-order valence-electron chi connectivity index (χ2n) is 5.36. The molecule has 0 unspecified atom stereocenters. The van der Waals surface area contributed by atoms with Crippen LogP contribution >= 0.6 is 0 Å². The maximum atomic E-state index is 11.8. The monoisotopic (exact) mass is 377 g/mol. The van der Waals surface area contributed by atoms with Crippen molar-refractivity contribution in [2.45, 2.75) is 13.1 Å². The third-order valence-corrected chi connectivity index (χ3v) is 3.50. The van der Waals surface area contributed by atoms with E-state index < -0.39 is 36.3 Å². The molecular formula is C17H19N3O7. The highest BCUT2D eigenvalue weighted by molar-refractivity contribution is 5.80. The van der Waals surface area contributed by atoms with Gasteiger partial charge in [-0.2, -0.15) is 0 Å². The van der Waals surface area contributed by atoms with Crippen molar-refractivity contribution in [1.82, 2.24) is 14.9 Å². The van der Waals surface area contributed by atoms with Crippen LogP contribution in [-0.4, -0.2) is 42.3 Å². The molecule has 2 aromatic rings. The average molecular weight is 377 g/mol. The molecule has 0 atom stereocenters. The molecule has 0 spiro atoms. The van der Waals surface area contributed by atoms with Crippen molar-refractivity contribution in [1.29, 1.82) is 0 Å². The summed E-state index contributed by atoms with van der Waals surface area (Å²) in [6.45, 7) is -0.709. The Morgan fingerprint density at radius 2 is 1.85 bits per heavy atom. The number of nitrogens with one attached hydrogen (secondary N) is 2. The number of hydrogen-bond donors (Lipinski definition) is 2. The fraction of sp³-hybridized carbons (Fsp3) is 0.294. The second kappa shape index (κ2) is 9.22. The van der Waals surface area contributed by atoms with E-state index in [1.165, 1.54) is 20.4 Å². The van der Waals surface area contributed by atoms with E-state index in [1.807, 2.05) is 4.98 Å². The standard InChI is InChI=1S/C17H19N3O7/c1-25-12-4-3-11(7-13(12)26-2)8-18-15(22)10-27-16(23)9-20-6-5-14(21)19-17(20)24/h3-7H,8-10H2,1-2H3,(H,18,22)(H,19,21,24). The van der Waals surface area contributed by atoms with Crippen LogP contribution in [0.3, 0.4) is 0 Å². The Morgan fingerprint density at radius 1 is 1.11 bits per heavy atom. The Bertz CT molecular complexity index is 933.